The smallest absolute Gasteiger partial charge is 0.260 e. The third-order valence-corrected chi connectivity index (χ3v) is 6.03. The number of aryl methyl sites for hydroxylation is 1. The normalized spacial score (nSPS) is 14.6. The van der Waals surface area contributed by atoms with Crippen LogP contribution >= 0.6 is 0 Å². The van der Waals surface area contributed by atoms with Crippen LogP contribution in [0.3, 0.4) is 0 Å². The summed E-state index contributed by atoms with van der Waals surface area (Å²) in [6, 6.07) is 16.8. The SMILES string of the molecule is Cn1ncc2cc(-c3ccc4c(c3)C(=O)Nc3cccc(n3)C(=N)N(C=N)CCCCO4)ccc21. The molecule has 2 bridgehead atoms. The Morgan fingerprint density at radius 3 is 2.77 bits per heavy atom. The molecule has 5 rings (SSSR count). The van der Waals surface area contributed by atoms with Crippen molar-refractivity contribution in [1.82, 2.24) is 19.7 Å². The molecule has 9 nitrogen and oxygen atoms in total. The fourth-order valence-electron chi connectivity index (χ4n) is 4.13. The summed E-state index contributed by atoms with van der Waals surface area (Å²) in [6.07, 6.45) is 4.39. The van der Waals surface area contributed by atoms with Crippen molar-refractivity contribution in [2.45, 2.75) is 12.8 Å². The van der Waals surface area contributed by atoms with Crippen molar-refractivity contribution in [2.75, 3.05) is 18.5 Å². The maximum Gasteiger partial charge on any atom is 0.260 e. The first-order valence-electron chi connectivity index (χ1n) is 11.4. The van der Waals surface area contributed by atoms with Gasteiger partial charge in [0.15, 0.2) is 5.84 Å². The minimum absolute atomic E-state index is 0.113. The number of nitrogens with one attached hydrogen (secondary N) is 3. The summed E-state index contributed by atoms with van der Waals surface area (Å²) in [5.74, 6) is 0.593. The number of ether oxygens (including phenoxy) is 1. The molecule has 0 saturated heterocycles. The van der Waals surface area contributed by atoms with E-state index in [1.54, 1.807) is 18.2 Å². The summed E-state index contributed by atoms with van der Waals surface area (Å²) in [5, 5.41) is 24.3. The van der Waals surface area contributed by atoms with Crippen LogP contribution < -0.4 is 10.1 Å². The molecule has 0 fully saturated rings. The standard InChI is InChI=1S/C26H25N7O2/c1-32-22-9-7-17(13-19(22)15-29-32)18-8-10-23-20(14-18)26(34)31-24-6-4-5-21(30-24)25(28)33(16-27)11-2-3-12-35-23/h4-10,13-16,27-28H,2-3,11-12H2,1H3,(H,30,31,34). The highest BCUT2D eigenvalue weighted by molar-refractivity contribution is 6.07. The number of hydrogen-bond donors (Lipinski definition) is 3. The zero-order chi connectivity index (χ0) is 24.4. The van der Waals surface area contributed by atoms with Gasteiger partial charge in [-0.3, -0.25) is 20.3 Å². The number of carbonyl (C=O) groups is 1. The Bertz CT molecular complexity index is 1440. The van der Waals surface area contributed by atoms with Gasteiger partial charge >= 0.3 is 0 Å². The molecule has 9 heteroatoms. The van der Waals surface area contributed by atoms with Gasteiger partial charge in [0.2, 0.25) is 0 Å². The summed E-state index contributed by atoms with van der Waals surface area (Å²) >= 11 is 0. The Kier molecular flexibility index (Phi) is 5.97. The highest BCUT2D eigenvalue weighted by atomic mass is 16.5. The van der Waals surface area contributed by atoms with Gasteiger partial charge in [-0.1, -0.05) is 18.2 Å². The number of hydrogen-bond acceptors (Lipinski definition) is 6. The predicted molar refractivity (Wildman–Crippen MR) is 135 cm³/mol. The quantitative estimate of drug-likeness (QED) is 0.300. The molecule has 0 aliphatic carbocycles. The number of nitrogens with zero attached hydrogens (tertiary/aromatic N) is 4. The van der Waals surface area contributed by atoms with Crippen LogP contribution in [0.2, 0.25) is 0 Å². The Balaban J connectivity index is 1.52. The molecule has 0 radical (unpaired) electrons. The Morgan fingerprint density at radius 1 is 1.09 bits per heavy atom. The number of amidine groups is 1. The van der Waals surface area contributed by atoms with Crippen LogP contribution in [0.5, 0.6) is 5.75 Å². The van der Waals surface area contributed by atoms with Gasteiger partial charge in [0, 0.05) is 19.0 Å². The minimum atomic E-state index is -0.346. The van der Waals surface area contributed by atoms with E-state index in [4.69, 9.17) is 15.6 Å². The number of benzene rings is 2. The van der Waals surface area contributed by atoms with Gasteiger partial charge in [-0.25, -0.2) is 4.98 Å². The van der Waals surface area contributed by atoms with Gasteiger partial charge in [-0.2, -0.15) is 5.10 Å². The fraction of sp³-hybridized carbons (Fsp3) is 0.192. The highest BCUT2D eigenvalue weighted by Crippen LogP contribution is 2.30. The van der Waals surface area contributed by atoms with Crippen LogP contribution in [0.1, 0.15) is 28.9 Å². The van der Waals surface area contributed by atoms with Crippen molar-refractivity contribution >= 4 is 34.8 Å². The number of anilines is 1. The van der Waals surface area contributed by atoms with Crippen LogP contribution in [0, 0.1) is 10.8 Å². The third kappa shape index (κ3) is 4.48. The molecule has 1 aliphatic rings. The lowest BCUT2D eigenvalue weighted by Crippen LogP contribution is -2.31. The first kappa shape index (κ1) is 22.3. The molecule has 1 amide bonds. The third-order valence-electron chi connectivity index (χ3n) is 6.03. The molecule has 176 valence electrons. The molecule has 4 aromatic rings. The van der Waals surface area contributed by atoms with E-state index < -0.39 is 0 Å². The number of pyridine rings is 1. The predicted octanol–water partition coefficient (Wildman–Crippen LogP) is 4.29. The maximum absolute atomic E-state index is 13.3. The van der Waals surface area contributed by atoms with Crippen molar-refractivity contribution in [3.63, 3.8) is 0 Å². The number of carbonyl (C=O) groups excluding carboxylic acids is 1. The molecule has 35 heavy (non-hydrogen) atoms. The van der Waals surface area contributed by atoms with Crippen molar-refractivity contribution < 1.29 is 9.53 Å². The number of aromatic nitrogens is 3. The first-order valence-corrected chi connectivity index (χ1v) is 11.4. The lowest BCUT2D eigenvalue weighted by molar-refractivity contribution is 0.102. The molecule has 3 heterocycles. The van der Waals surface area contributed by atoms with Gasteiger partial charge in [-0.05, 0) is 60.4 Å². The van der Waals surface area contributed by atoms with E-state index in [2.05, 4.69) is 21.5 Å². The molecule has 2 aromatic carbocycles. The minimum Gasteiger partial charge on any atom is -0.493 e. The van der Waals surface area contributed by atoms with E-state index in [0.29, 0.717) is 42.4 Å². The summed E-state index contributed by atoms with van der Waals surface area (Å²) in [7, 11) is 1.91. The van der Waals surface area contributed by atoms with Gasteiger partial charge in [0.05, 0.1) is 30.2 Å². The first-order chi connectivity index (χ1) is 17.0. The fourth-order valence-corrected chi connectivity index (χ4v) is 4.13. The van der Waals surface area contributed by atoms with E-state index in [1.807, 2.05) is 48.3 Å². The molecule has 0 spiro atoms. The van der Waals surface area contributed by atoms with Gasteiger partial charge in [-0.15, -0.1) is 0 Å². The zero-order valence-electron chi connectivity index (χ0n) is 19.3. The Hall–Kier alpha value is -4.53. The van der Waals surface area contributed by atoms with Gasteiger partial charge in [0.1, 0.15) is 17.3 Å². The van der Waals surface area contributed by atoms with Gasteiger partial charge in [0.25, 0.3) is 5.91 Å². The lowest BCUT2D eigenvalue weighted by atomic mass is 10.0. The summed E-state index contributed by atoms with van der Waals surface area (Å²) in [5.41, 5.74) is 3.69. The highest BCUT2D eigenvalue weighted by Gasteiger charge is 2.18. The van der Waals surface area contributed by atoms with Crippen LogP contribution in [-0.2, 0) is 7.05 Å². The molecule has 0 atom stereocenters. The van der Waals surface area contributed by atoms with Crippen LogP contribution in [0.4, 0.5) is 5.82 Å². The average Bonchev–Trinajstić information content (AvgIpc) is 3.25. The van der Waals surface area contributed by atoms with Crippen molar-refractivity contribution in [3.05, 3.63) is 72.1 Å². The topological polar surface area (TPSA) is 120 Å². The number of rotatable bonds is 2. The number of amides is 1. The van der Waals surface area contributed by atoms with Crippen molar-refractivity contribution in [3.8, 4) is 16.9 Å². The molecule has 3 N–H and O–H groups in total. The molecule has 0 saturated carbocycles. The van der Waals surface area contributed by atoms with Crippen LogP contribution in [0.25, 0.3) is 22.0 Å². The number of fused-ring (bicyclic) bond motifs is 4. The molecular weight excluding hydrogens is 442 g/mol. The van der Waals surface area contributed by atoms with E-state index >= 15 is 0 Å². The van der Waals surface area contributed by atoms with E-state index in [9.17, 15) is 4.79 Å². The average molecular weight is 468 g/mol. The summed E-state index contributed by atoms with van der Waals surface area (Å²) in [6.45, 7) is 0.927. The monoisotopic (exact) mass is 467 g/mol. The maximum atomic E-state index is 13.3. The van der Waals surface area contributed by atoms with Gasteiger partial charge < -0.3 is 15.0 Å². The molecule has 0 unspecified atom stereocenters. The van der Waals surface area contributed by atoms with Crippen molar-refractivity contribution in [1.29, 1.82) is 10.8 Å². The molecular formula is C26H25N7O2. The second kappa shape index (κ2) is 9.38. The Morgan fingerprint density at radius 2 is 1.91 bits per heavy atom. The van der Waals surface area contributed by atoms with Crippen molar-refractivity contribution in [2.24, 2.45) is 7.05 Å². The largest absolute Gasteiger partial charge is 0.493 e. The van der Waals surface area contributed by atoms with Crippen LogP contribution in [-0.4, -0.2) is 50.9 Å². The summed E-state index contributed by atoms with van der Waals surface area (Å²) in [4.78, 5) is 19.3. The molecule has 1 aliphatic heterocycles. The second-order valence-corrected chi connectivity index (χ2v) is 8.34. The lowest BCUT2D eigenvalue weighted by Gasteiger charge is -2.20. The van der Waals surface area contributed by atoms with Crippen LogP contribution in [0.15, 0.2) is 60.8 Å². The summed E-state index contributed by atoms with van der Waals surface area (Å²) < 4.78 is 7.82. The molecule has 2 aromatic heterocycles. The second-order valence-electron chi connectivity index (χ2n) is 8.34. The van der Waals surface area contributed by atoms with E-state index in [-0.39, 0.29) is 11.7 Å². The Labute approximate surface area is 202 Å². The zero-order valence-corrected chi connectivity index (χ0v) is 19.3. The van der Waals surface area contributed by atoms with E-state index in [0.717, 1.165) is 34.8 Å². The van der Waals surface area contributed by atoms with E-state index in [1.165, 1.54) is 4.90 Å².